The number of non-ortho nitro benzene ring substituents is 1. The predicted molar refractivity (Wildman–Crippen MR) is 124 cm³/mol. The van der Waals surface area contributed by atoms with Crippen LogP contribution in [0.5, 0.6) is 0 Å². The maximum absolute atomic E-state index is 13.4. The summed E-state index contributed by atoms with van der Waals surface area (Å²) in [5.41, 5.74) is 0.0115. The summed E-state index contributed by atoms with van der Waals surface area (Å²) >= 11 is 7.29. The quantitative estimate of drug-likeness (QED) is 0.156. The number of nitro groups is 1. The number of alkyl halides is 3. The van der Waals surface area contributed by atoms with E-state index in [2.05, 4.69) is 10.2 Å². The highest BCUT2D eigenvalue weighted by molar-refractivity contribution is 7.98. The summed E-state index contributed by atoms with van der Waals surface area (Å²) in [6.45, 7) is 0.274. The summed E-state index contributed by atoms with van der Waals surface area (Å²) in [5, 5.41) is 20.7. The molecular formula is C23H16ClF3N4O2S. The van der Waals surface area contributed by atoms with Crippen LogP contribution in [-0.4, -0.2) is 19.7 Å². The van der Waals surface area contributed by atoms with Gasteiger partial charge in [0.15, 0.2) is 11.0 Å². The van der Waals surface area contributed by atoms with Crippen LogP contribution in [0.1, 0.15) is 16.7 Å². The summed E-state index contributed by atoms with van der Waals surface area (Å²) in [6, 6.07) is 19.0. The van der Waals surface area contributed by atoms with Crippen LogP contribution in [0.25, 0.3) is 11.4 Å². The lowest BCUT2D eigenvalue weighted by Crippen LogP contribution is -2.08. The Bertz CT molecular complexity index is 1310. The fourth-order valence-electron chi connectivity index (χ4n) is 3.26. The molecule has 4 rings (SSSR count). The van der Waals surface area contributed by atoms with Crippen molar-refractivity contribution >= 4 is 29.1 Å². The molecule has 0 bridgehead atoms. The Labute approximate surface area is 201 Å². The monoisotopic (exact) mass is 504 g/mol. The molecule has 0 unspecified atom stereocenters. The minimum Gasteiger partial charge on any atom is -0.298 e. The molecule has 6 nitrogen and oxygen atoms in total. The van der Waals surface area contributed by atoms with Crippen LogP contribution in [0.4, 0.5) is 18.9 Å². The highest BCUT2D eigenvalue weighted by Gasteiger charge is 2.33. The second kappa shape index (κ2) is 9.86. The number of halogens is 4. The highest BCUT2D eigenvalue weighted by atomic mass is 35.5. The van der Waals surface area contributed by atoms with E-state index in [0.717, 1.165) is 23.3 Å². The lowest BCUT2D eigenvalue weighted by Gasteiger charge is -2.12. The maximum atomic E-state index is 13.4. The molecule has 0 fully saturated rings. The van der Waals surface area contributed by atoms with Gasteiger partial charge in [-0.1, -0.05) is 65.8 Å². The number of nitrogens with zero attached hydrogens (tertiary/aromatic N) is 4. The minimum atomic E-state index is -4.75. The normalized spacial score (nSPS) is 11.5. The number of rotatable bonds is 7. The van der Waals surface area contributed by atoms with Crippen molar-refractivity contribution in [2.75, 3.05) is 0 Å². The molecule has 0 saturated heterocycles. The molecule has 0 aliphatic heterocycles. The van der Waals surface area contributed by atoms with Gasteiger partial charge >= 0.3 is 6.18 Å². The molecule has 0 N–H and O–H groups in total. The van der Waals surface area contributed by atoms with Crippen molar-refractivity contribution in [2.24, 2.45) is 0 Å². The van der Waals surface area contributed by atoms with Gasteiger partial charge in [0, 0.05) is 28.5 Å². The molecular weight excluding hydrogens is 489 g/mol. The van der Waals surface area contributed by atoms with Crippen LogP contribution >= 0.6 is 23.4 Å². The van der Waals surface area contributed by atoms with E-state index >= 15 is 0 Å². The molecule has 1 aromatic heterocycles. The average Bonchev–Trinajstić information content (AvgIpc) is 3.21. The standard InChI is InChI=1S/C23H16ClF3N4O2S/c24-19-8-6-16(7-9-19)14-34-22-29-28-21(30(22)13-15-4-2-1-3-5-15)17-10-18(23(25,26)27)12-20(11-17)31(32)33/h1-12H,13-14H2. The van der Waals surface area contributed by atoms with Gasteiger partial charge < -0.3 is 0 Å². The lowest BCUT2D eigenvalue weighted by molar-refractivity contribution is -0.385. The van der Waals surface area contributed by atoms with E-state index in [1.165, 1.54) is 11.8 Å². The van der Waals surface area contributed by atoms with Gasteiger partial charge in [-0.25, -0.2) is 0 Å². The van der Waals surface area contributed by atoms with Crippen LogP contribution in [0.3, 0.4) is 0 Å². The Morgan fingerprint density at radius 3 is 2.32 bits per heavy atom. The zero-order chi connectivity index (χ0) is 24.3. The van der Waals surface area contributed by atoms with Gasteiger partial charge in [0.2, 0.25) is 0 Å². The zero-order valence-corrected chi connectivity index (χ0v) is 18.9. The number of benzene rings is 3. The molecule has 174 valence electrons. The maximum Gasteiger partial charge on any atom is 0.416 e. The van der Waals surface area contributed by atoms with E-state index in [9.17, 15) is 23.3 Å². The third-order valence-electron chi connectivity index (χ3n) is 4.90. The van der Waals surface area contributed by atoms with Crippen molar-refractivity contribution in [3.05, 3.63) is 105 Å². The highest BCUT2D eigenvalue weighted by Crippen LogP contribution is 2.36. The molecule has 0 aliphatic carbocycles. The van der Waals surface area contributed by atoms with Gasteiger partial charge in [0.25, 0.3) is 5.69 Å². The Hall–Kier alpha value is -3.37. The van der Waals surface area contributed by atoms with Crippen LogP contribution in [0, 0.1) is 10.1 Å². The molecule has 0 atom stereocenters. The summed E-state index contributed by atoms with van der Waals surface area (Å²) in [6.07, 6.45) is -4.75. The minimum absolute atomic E-state index is 0.0386. The summed E-state index contributed by atoms with van der Waals surface area (Å²) in [4.78, 5) is 10.5. The number of hydrogen-bond acceptors (Lipinski definition) is 5. The first kappa shape index (κ1) is 23.8. The van der Waals surface area contributed by atoms with Crippen LogP contribution < -0.4 is 0 Å². The zero-order valence-electron chi connectivity index (χ0n) is 17.4. The Morgan fingerprint density at radius 1 is 0.971 bits per heavy atom. The molecule has 4 aromatic rings. The number of thioether (sulfide) groups is 1. The van der Waals surface area contributed by atoms with Crippen LogP contribution in [0.15, 0.2) is 78.0 Å². The second-order valence-electron chi connectivity index (χ2n) is 7.32. The molecule has 0 spiro atoms. The Balaban J connectivity index is 1.77. The van der Waals surface area contributed by atoms with Gasteiger partial charge in [-0.3, -0.25) is 14.7 Å². The van der Waals surface area contributed by atoms with Gasteiger partial charge in [0.1, 0.15) is 0 Å². The Kier molecular flexibility index (Phi) is 6.90. The summed E-state index contributed by atoms with van der Waals surface area (Å²) in [5.74, 6) is 0.629. The molecule has 0 radical (unpaired) electrons. The van der Waals surface area contributed by atoms with Gasteiger partial charge in [-0.15, -0.1) is 10.2 Å². The Morgan fingerprint density at radius 2 is 1.68 bits per heavy atom. The first-order valence-corrected chi connectivity index (χ1v) is 11.3. The number of hydrogen-bond donors (Lipinski definition) is 0. The van der Waals surface area contributed by atoms with E-state index in [1.807, 2.05) is 42.5 Å². The largest absolute Gasteiger partial charge is 0.416 e. The van der Waals surface area contributed by atoms with Crippen molar-refractivity contribution in [3.8, 4) is 11.4 Å². The van der Waals surface area contributed by atoms with Gasteiger partial charge in [-0.2, -0.15) is 13.2 Å². The van der Waals surface area contributed by atoms with Crippen LogP contribution in [0.2, 0.25) is 5.02 Å². The van der Waals surface area contributed by atoms with Crippen molar-refractivity contribution in [1.82, 2.24) is 14.8 Å². The molecule has 11 heteroatoms. The van der Waals surface area contributed by atoms with E-state index < -0.39 is 22.4 Å². The third kappa shape index (κ3) is 5.57. The molecule has 0 amide bonds. The topological polar surface area (TPSA) is 73.8 Å². The molecule has 3 aromatic carbocycles. The van der Waals surface area contributed by atoms with Crippen molar-refractivity contribution in [3.63, 3.8) is 0 Å². The molecule has 0 saturated carbocycles. The van der Waals surface area contributed by atoms with E-state index in [0.29, 0.717) is 22.0 Å². The van der Waals surface area contributed by atoms with Crippen molar-refractivity contribution in [1.29, 1.82) is 0 Å². The van der Waals surface area contributed by atoms with Gasteiger partial charge in [0.05, 0.1) is 17.0 Å². The molecule has 0 aliphatic rings. The smallest absolute Gasteiger partial charge is 0.298 e. The van der Waals surface area contributed by atoms with Gasteiger partial charge in [-0.05, 0) is 29.3 Å². The SMILES string of the molecule is O=[N+]([O-])c1cc(-c2nnc(SCc3ccc(Cl)cc3)n2Cc2ccccc2)cc(C(F)(F)F)c1. The second-order valence-corrected chi connectivity index (χ2v) is 8.70. The summed E-state index contributed by atoms with van der Waals surface area (Å²) < 4.78 is 42.0. The van der Waals surface area contributed by atoms with Crippen molar-refractivity contribution in [2.45, 2.75) is 23.6 Å². The van der Waals surface area contributed by atoms with Crippen LogP contribution in [-0.2, 0) is 18.5 Å². The third-order valence-corrected chi connectivity index (χ3v) is 6.19. The molecule has 1 heterocycles. The predicted octanol–water partition coefficient (Wildman–Crippen LogP) is 6.87. The number of nitro benzene ring substituents is 1. The lowest BCUT2D eigenvalue weighted by atomic mass is 10.1. The van der Waals surface area contributed by atoms with Crippen molar-refractivity contribution < 1.29 is 18.1 Å². The number of aromatic nitrogens is 3. The first-order chi connectivity index (χ1) is 16.2. The fourth-order valence-corrected chi connectivity index (χ4v) is 4.28. The fraction of sp³-hybridized carbons (Fsp3) is 0.130. The summed E-state index contributed by atoms with van der Waals surface area (Å²) in [7, 11) is 0. The van der Waals surface area contributed by atoms with E-state index in [1.54, 1.807) is 16.7 Å². The molecule has 34 heavy (non-hydrogen) atoms. The average molecular weight is 505 g/mol. The van der Waals surface area contributed by atoms with E-state index in [-0.39, 0.29) is 17.9 Å². The first-order valence-electron chi connectivity index (χ1n) is 9.92. The van der Waals surface area contributed by atoms with E-state index in [4.69, 9.17) is 11.6 Å².